The zero-order valence-corrected chi connectivity index (χ0v) is 8.86. The number of fused-ring (bicyclic) bond motifs is 1. The van der Waals surface area contributed by atoms with Gasteiger partial charge in [0.1, 0.15) is 11.9 Å². The molecule has 4 nitrogen and oxygen atoms in total. The summed E-state index contributed by atoms with van der Waals surface area (Å²) in [6.45, 7) is 0. The Morgan fingerprint density at radius 3 is 2.65 bits per heavy atom. The molecule has 0 spiro atoms. The third kappa shape index (κ3) is 2.00. The van der Waals surface area contributed by atoms with Crippen molar-refractivity contribution in [1.82, 2.24) is 0 Å². The molecule has 1 heterocycles. The number of benzene rings is 1. The molecule has 2 N–H and O–H groups in total. The fourth-order valence-corrected chi connectivity index (χ4v) is 1.90. The molecule has 1 aromatic carbocycles. The first-order chi connectivity index (χ1) is 8.02. The van der Waals surface area contributed by atoms with Gasteiger partial charge in [0, 0.05) is 12.1 Å². The molecular weight excluding hydrogens is 232 g/mol. The van der Waals surface area contributed by atoms with E-state index in [1.165, 1.54) is 12.1 Å². The van der Waals surface area contributed by atoms with Crippen LogP contribution in [0, 0.1) is 0 Å². The molecule has 3 rings (SSSR count). The molecule has 17 heavy (non-hydrogen) atoms. The first kappa shape index (κ1) is 10.6. The first-order valence-electron chi connectivity index (χ1n) is 5.34. The Balaban J connectivity index is 1.72. The molecule has 1 aromatic rings. The molecule has 0 radical (unpaired) electrons. The van der Waals surface area contributed by atoms with Crippen LogP contribution in [0.5, 0.6) is 17.2 Å². The monoisotopic (exact) mass is 243 g/mol. The van der Waals surface area contributed by atoms with E-state index < -0.39 is 6.29 Å². The molecule has 6 heteroatoms. The van der Waals surface area contributed by atoms with Crippen molar-refractivity contribution in [3.63, 3.8) is 0 Å². The highest BCUT2D eigenvalue weighted by Crippen LogP contribution is 2.43. The topological polar surface area (TPSA) is 53.7 Å². The molecule has 2 aliphatic rings. The van der Waals surface area contributed by atoms with Crippen molar-refractivity contribution in [1.29, 1.82) is 0 Å². The van der Waals surface area contributed by atoms with Crippen LogP contribution in [0.3, 0.4) is 0 Å². The number of rotatable bonds is 2. The summed E-state index contributed by atoms with van der Waals surface area (Å²) in [6.07, 6.45) is -1.96. The minimum Gasteiger partial charge on any atom is -0.490 e. The van der Waals surface area contributed by atoms with Crippen LogP contribution in [-0.4, -0.2) is 18.4 Å². The van der Waals surface area contributed by atoms with Gasteiger partial charge in [-0.2, -0.15) is 0 Å². The number of halogens is 2. The van der Waals surface area contributed by atoms with Crippen molar-refractivity contribution in [2.45, 2.75) is 31.3 Å². The molecular formula is C11H11F2NO3. The fourth-order valence-electron chi connectivity index (χ4n) is 1.90. The molecule has 1 aliphatic carbocycles. The molecule has 0 unspecified atom stereocenters. The number of hydrogen-bond acceptors (Lipinski definition) is 4. The van der Waals surface area contributed by atoms with Gasteiger partial charge in [0.15, 0.2) is 11.5 Å². The maximum absolute atomic E-state index is 12.8. The maximum atomic E-state index is 12.8. The predicted molar refractivity (Wildman–Crippen MR) is 54.3 cm³/mol. The van der Waals surface area contributed by atoms with Gasteiger partial charge in [0.05, 0.1) is 0 Å². The number of nitrogens with two attached hydrogens (primary N) is 1. The lowest BCUT2D eigenvalue weighted by molar-refractivity contribution is -0.286. The van der Waals surface area contributed by atoms with E-state index >= 15 is 0 Å². The Bertz CT molecular complexity index is 446. The van der Waals surface area contributed by atoms with Gasteiger partial charge in [-0.3, -0.25) is 0 Å². The Morgan fingerprint density at radius 1 is 1.24 bits per heavy atom. The molecule has 0 atom stereocenters. The van der Waals surface area contributed by atoms with E-state index in [-0.39, 0.29) is 23.6 Å². The van der Waals surface area contributed by atoms with Crippen LogP contribution in [0.25, 0.3) is 0 Å². The molecule has 1 saturated carbocycles. The van der Waals surface area contributed by atoms with Crippen molar-refractivity contribution in [3.8, 4) is 17.2 Å². The van der Waals surface area contributed by atoms with E-state index in [4.69, 9.17) is 10.5 Å². The predicted octanol–water partition coefficient (Wildman–Crippen LogP) is 1.88. The van der Waals surface area contributed by atoms with Gasteiger partial charge in [-0.25, -0.2) is 0 Å². The van der Waals surface area contributed by atoms with Gasteiger partial charge in [0.25, 0.3) is 0 Å². The van der Waals surface area contributed by atoms with Gasteiger partial charge >= 0.3 is 6.29 Å². The summed E-state index contributed by atoms with van der Waals surface area (Å²) in [5.41, 5.74) is 5.62. The minimum absolute atomic E-state index is 0.00359. The van der Waals surface area contributed by atoms with Crippen molar-refractivity contribution in [3.05, 3.63) is 18.2 Å². The van der Waals surface area contributed by atoms with Crippen LogP contribution in [0.2, 0.25) is 0 Å². The average molecular weight is 243 g/mol. The quantitative estimate of drug-likeness (QED) is 0.861. The number of ether oxygens (including phenoxy) is 3. The first-order valence-corrected chi connectivity index (χ1v) is 5.34. The van der Waals surface area contributed by atoms with Crippen LogP contribution in [0.1, 0.15) is 12.8 Å². The zero-order valence-electron chi connectivity index (χ0n) is 8.86. The normalized spacial score (nSPS) is 28.6. The summed E-state index contributed by atoms with van der Waals surface area (Å²) < 4.78 is 39.7. The molecule has 0 bridgehead atoms. The molecule has 1 aliphatic heterocycles. The highest BCUT2D eigenvalue weighted by atomic mass is 19.3. The lowest BCUT2D eigenvalue weighted by Gasteiger charge is -2.32. The minimum atomic E-state index is -3.58. The summed E-state index contributed by atoms with van der Waals surface area (Å²) in [6, 6.07) is 4.57. The van der Waals surface area contributed by atoms with Crippen molar-refractivity contribution in [2.75, 3.05) is 0 Å². The molecule has 1 fully saturated rings. The summed E-state index contributed by atoms with van der Waals surface area (Å²) >= 11 is 0. The number of alkyl halides is 2. The Hall–Kier alpha value is -1.56. The SMILES string of the molecule is NC1CC(Oc2ccc3c(c2)OC(F)(F)O3)C1. The van der Waals surface area contributed by atoms with Gasteiger partial charge in [-0.1, -0.05) is 0 Å². The number of hydrogen-bond donors (Lipinski definition) is 1. The molecule has 92 valence electrons. The molecule has 0 aromatic heterocycles. The standard InChI is InChI=1S/C11H11F2NO3/c12-11(13)16-9-2-1-7(5-10(9)17-11)15-8-3-6(14)4-8/h1-2,5-6,8H,3-4,14H2. The smallest absolute Gasteiger partial charge is 0.490 e. The lowest BCUT2D eigenvalue weighted by Crippen LogP contribution is -2.43. The zero-order chi connectivity index (χ0) is 12.0. The summed E-state index contributed by atoms with van der Waals surface area (Å²) in [5, 5.41) is 0. The highest BCUT2D eigenvalue weighted by molar-refractivity contribution is 5.47. The van der Waals surface area contributed by atoms with Gasteiger partial charge in [-0.15, -0.1) is 8.78 Å². The third-order valence-corrected chi connectivity index (χ3v) is 2.81. The Morgan fingerprint density at radius 2 is 1.94 bits per heavy atom. The van der Waals surface area contributed by atoms with E-state index in [2.05, 4.69) is 9.47 Å². The van der Waals surface area contributed by atoms with Crippen LogP contribution >= 0.6 is 0 Å². The molecule has 0 amide bonds. The Labute approximate surface area is 96.3 Å². The van der Waals surface area contributed by atoms with E-state index in [0.29, 0.717) is 5.75 Å². The second kappa shape index (κ2) is 3.46. The third-order valence-electron chi connectivity index (χ3n) is 2.81. The van der Waals surface area contributed by atoms with Crippen molar-refractivity contribution in [2.24, 2.45) is 5.73 Å². The second-order valence-electron chi connectivity index (χ2n) is 4.25. The van der Waals surface area contributed by atoms with Gasteiger partial charge < -0.3 is 19.9 Å². The Kier molecular flexibility index (Phi) is 2.16. The lowest BCUT2D eigenvalue weighted by atomic mass is 9.90. The van der Waals surface area contributed by atoms with E-state index in [1.807, 2.05) is 0 Å². The van der Waals surface area contributed by atoms with Gasteiger partial charge in [0.2, 0.25) is 0 Å². The van der Waals surface area contributed by atoms with Gasteiger partial charge in [-0.05, 0) is 25.0 Å². The summed E-state index contributed by atoms with van der Waals surface area (Å²) in [7, 11) is 0. The van der Waals surface area contributed by atoms with Crippen LogP contribution in [-0.2, 0) is 0 Å². The van der Waals surface area contributed by atoms with Crippen molar-refractivity contribution >= 4 is 0 Å². The van der Waals surface area contributed by atoms with Crippen LogP contribution in [0.4, 0.5) is 8.78 Å². The van der Waals surface area contributed by atoms with Crippen molar-refractivity contribution < 1.29 is 23.0 Å². The largest absolute Gasteiger partial charge is 0.586 e. The average Bonchev–Trinajstić information content (AvgIpc) is 2.48. The maximum Gasteiger partial charge on any atom is 0.586 e. The summed E-state index contributed by atoms with van der Waals surface area (Å²) in [4.78, 5) is 0. The van der Waals surface area contributed by atoms with E-state index in [9.17, 15) is 8.78 Å². The fraction of sp³-hybridized carbons (Fsp3) is 0.455. The van der Waals surface area contributed by atoms with E-state index in [0.717, 1.165) is 12.8 Å². The van der Waals surface area contributed by atoms with Crippen LogP contribution < -0.4 is 19.9 Å². The molecule has 0 saturated heterocycles. The summed E-state index contributed by atoms with van der Waals surface area (Å²) in [5.74, 6) is 0.505. The van der Waals surface area contributed by atoms with Crippen LogP contribution in [0.15, 0.2) is 18.2 Å². The second-order valence-corrected chi connectivity index (χ2v) is 4.25. The van der Waals surface area contributed by atoms with E-state index in [1.54, 1.807) is 6.07 Å². The highest BCUT2D eigenvalue weighted by Gasteiger charge is 2.43.